The summed E-state index contributed by atoms with van der Waals surface area (Å²) in [6, 6.07) is 8.17. The third-order valence-electron chi connectivity index (χ3n) is 3.06. The van der Waals surface area contributed by atoms with Crippen LogP contribution in [-0.2, 0) is 13.1 Å². The maximum atomic E-state index is 6.25. The number of hydrogen-bond donors (Lipinski definition) is 1. The molecular weight excluding hydrogens is 336 g/mol. The maximum absolute atomic E-state index is 6.25. The van der Waals surface area contributed by atoms with E-state index in [1.54, 1.807) is 0 Å². The van der Waals surface area contributed by atoms with Gasteiger partial charge in [0.1, 0.15) is 0 Å². The summed E-state index contributed by atoms with van der Waals surface area (Å²) < 4.78 is 3.18. The second kappa shape index (κ2) is 7.30. The van der Waals surface area contributed by atoms with E-state index >= 15 is 0 Å². The average Bonchev–Trinajstić information content (AvgIpc) is 2.80. The molecule has 0 aliphatic rings. The van der Waals surface area contributed by atoms with Gasteiger partial charge in [0.2, 0.25) is 0 Å². The Labute approximate surface area is 134 Å². The third kappa shape index (κ3) is 4.65. The zero-order chi connectivity index (χ0) is 14.5. The highest BCUT2D eigenvalue weighted by molar-refractivity contribution is 9.10. The number of aromatic nitrogens is 1. The molecule has 0 spiro atoms. The zero-order valence-electron chi connectivity index (χ0n) is 11.9. The number of rotatable bonds is 6. The molecular formula is C16H20BrClN2. The van der Waals surface area contributed by atoms with Crippen LogP contribution in [0.4, 0.5) is 0 Å². The van der Waals surface area contributed by atoms with Crippen molar-refractivity contribution in [3.63, 3.8) is 0 Å². The quantitative estimate of drug-likeness (QED) is 0.795. The molecule has 1 N–H and O–H groups in total. The molecule has 1 aromatic heterocycles. The summed E-state index contributed by atoms with van der Waals surface area (Å²) in [5, 5.41) is 4.25. The summed E-state index contributed by atoms with van der Waals surface area (Å²) in [4.78, 5) is 0. The fourth-order valence-corrected chi connectivity index (χ4v) is 2.78. The fourth-order valence-electron chi connectivity index (χ4n) is 2.05. The molecule has 108 valence electrons. The molecule has 0 saturated carbocycles. The van der Waals surface area contributed by atoms with E-state index < -0.39 is 0 Å². The normalized spacial score (nSPS) is 11.2. The van der Waals surface area contributed by atoms with E-state index in [2.05, 4.69) is 64.2 Å². The first-order valence-electron chi connectivity index (χ1n) is 6.84. The highest BCUT2D eigenvalue weighted by Gasteiger charge is 2.03. The minimum absolute atomic E-state index is 0.679. The van der Waals surface area contributed by atoms with Gasteiger partial charge in [0.05, 0.1) is 0 Å². The van der Waals surface area contributed by atoms with E-state index in [0.29, 0.717) is 5.92 Å². The van der Waals surface area contributed by atoms with Crippen molar-refractivity contribution in [2.24, 2.45) is 5.92 Å². The molecule has 0 aliphatic carbocycles. The lowest BCUT2D eigenvalue weighted by molar-refractivity contribution is 0.552. The van der Waals surface area contributed by atoms with Crippen molar-refractivity contribution in [3.8, 4) is 0 Å². The Hall–Kier alpha value is -0.770. The maximum Gasteiger partial charge on any atom is 0.0485 e. The van der Waals surface area contributed by atoms with Gasteiger partial charge in [-0.05, 0) is 41.8 Å². The van der Waals surface area contributed by atoms with E-state index in [9.17, 15) is 0 Å². The smallest absolute Gasteiger partial charge is 0.0485 e. The second-order valence-corrected chi connectivity index (χ2v) is 6.78. The largest absolute Gasteiger partial charge is 0.350 e. The molecule has 1 aromatic carbocycles. The standard InChI is InChI=1S/C16H20BrClN2/c1-12(2)8-19-9-13-5-6-20(10-13)11-14-3-4-15(17)7-16(14)18/h3-7,10,12,19H,8-9,11H2,1-2H3. The highest BCUT2D eigenvalue weighted by atomic mass is 79.9. The lowest BCUT2D eigenvalue weighted by Crippen LogP contribution is -2.18. The molecule has 2 aromatic rings. The number of nitrogens with one attached hydrogen (secondary N) is 1. The van der Waals surface area contributed by atoms with Gasteiger partial charge in [0.25, 0.3) is 0 Å². The van der Waals surface area contributed by atoms with Crippen molar-refractivity contribution < 1.29 is 0 Å². The van der Waals surface area contributed by atoms with Gasteiger partial charge in [0, 0.05) is 35.0 Å². The molecule has 4 heteroatoms. The van der Waals surface area contributed by atoms with Gasteiger partial charge >= 0.3 is 0 Å². The van der Waals surface area contributed by atoms with E-state index in [1.807, 2.05) is 12.1 Å². The summed E-state index contributed by atoms with van der Waals surface area (Å²) >= 11 is 9.68. The van der Waals surface area contributed by atoms with Crippen LogP contribution in [-0.4, -0.2) is 11.1 Å². The Balaban J connectivity index is 1.95. The minimum atomic E-state index is 0.679. The van der Waals surface area contributed by atoms with Crippen LogP contribution in [0.5, 0.6) is 0 Å². The molecule has 0 fully saturated rings. The summed E-state index contributed by atoms with van der Waals surface area (Å²) in [6.45, 7) is 7.20. The van der Waals surface area contributed by atoms with Crippen molar-refractivity contribution >= 4 is 27.5 Å². The van der Waals surface area contributed by atoms with E-state index in [-0.39, 0.29) is 0 Å². The third-order valence-corrected chi connectivity index (χ3v) is 3.91. The van der Waals surface area contributed by atoms with Crippen LogP contribution in [0, 0.1) is 5.92 Å². The Bertz CT molecular complexity index is 563. The first-order valence-corrected chi connectivity index (χ1v) is 8.01. The van der Waals surface area contributed by atoms with Crippen LogP contribution < -0.4 is 5.32 Å². The molecule has 0 aliphatic heterocycles. The molecule has 0 atom stereocenters. The van der Waals surface area contributed by atoms with Crippen LogP contribution in [0.3, 0.4) is 0 Å². The molecule has 1 heterocycles. The van der Waals surface area contributed by atoms with Gasteiger partial charge in [-0.25, -0.2) is 0 Å². The van der Waals surface area contributed by atoms with Crippen molar-refractivity contribution in [1.82, 2.24) is 9.88 Å². The van der Waals surface area contributed by atoms with Crippen molar-refractivity contribution in [2.45, 2.75) is 26.9 Å². The molecule has 0 saturated heterocycles. The summed E-state index contributed by atoms with van der Waals surface area (Å²) in [6.07, 6.45) is 4.27. The highest BCUT2D eigenvalue weighted by Crippen LogP contribution is 2.22. The number of nitrogens with zero attached hydrogens (tertiary/aromatic N) is 1. The topological polar surface area (TPSA) is 17.0 Å². The minimum Gasteiger partial charge on any atom is -0.350 e. The van der Waals surface area contributed by atoms with Gasteiger partial charge in [-0.15, -0.1) is 0 Å². The lowest BCUT2D eigenvalue weighted by Gasteiger charge is -2.07. The van der Waals surface area contributed by atoms with E-state index in [1.165, 1.54) is 5.56 Å². The van der Waals surface area contributed by atoms with Crippen LogP contribution >= 0.6 is 27.5 Å². The van der Waals surface area contributed by atoms with Gasteiger partial charge in [-0.3, -0.25) is 0 Å². The molecule has 20 heavy (non-hydrogen) atoms. The monoisotopic (exact) mass is 354 g/mol. The van der Waals surface area contributed by atoms with Crippen LogP contribution in [0.25, 0.3) is 0 Å². The Kier molecular flexibility index (Phi) is 5.70. The molecule has 0 radical (unpaired) electrons. The number of benzene rings is 1. The Morgan fingerprint density at radius 1 is 1.30 bits per heavy atom. The summed E-state index contributed by atoms with van der Waals surface area (Å²) in [5.41, 5.74) is 2.44. The van der Waals surface area contributed by atoms with E-state index in [0.717, 1.165) is 34.7 Å². The Morgan fingerprint density at radius 3 is 2.80 bits per heavy atom. The molecule has 2 rings (SSSR count). The summed E-state index contributed by atoms with van der Waals surface area (Å²) in [5.74, 6) is 0.679. The second-order valence-electron chi connectivity index (χ2n) is 5.45. The zero-order valence-corrected chi connectivity index (χ0v) is 14.2. The number of halogens is 2. The molecule has 0 amide bonds. The van der Waals surface area contributed by atoms with Crippen LogP contribution in [0.2, 0.25) is 5.02 Å². The first-order chi connectivity index (χ1) is 9.54. The molecule has 0 unspecified atom stereocenters. The average molecular weight is 356 g/mol. The molecule has 0 bridgehead atoms. The predicted molar refractivity (Wildman–Crippen MR) is 89.2 cm³/mol. The van der Waals surface area contributed by atoms with Crippen molar-refractivity contribution in [2.75, 3.05) is 6.54 Å². The Morgan fingerprint density at radius 2 is 2.10 bits per heavy atom. The SMILES string of the molecule is CC(C)CNCc1ccn(Cc2ccc(Br)cc2Cl)c1. The predicted octanol–water partition coefficient (Wildman–Crippen LogP) is 4.70. The molecule has 2 nitrogen and oxygen atoms in total. The summed E-state index contributed by atoms with van der Waals surface area (Å²) in [7, 11) is 0. The van der Waals surface area contributed by atoms with Crippen LogP contribution in [0.15, 0.2) is 41.1 Å². The van der Waals surface area contributed by atoms with Gasteiger partial charge in [0.15, 0.2) is 0 Å². The lowest BCUT2D eigenvalue weighted by atomic mass is 10.2. The first kappa shape index (κ1) is 15.6. The fraction of sp³-hybridized carbons (Fsp3) is 0.375. The van der Waals surface area contributed by atoms with Crippen molar-refractivity contribution in [1.29, 1.82) is 0 Å². The van der Waals surface area contributed by atoms with Gasteiger partial charge in [-0.1, -0.05) is 47.4 Å². The van der Waals surface area contributed by atoms with Crippen molar-refractivity contribution in [3.05, 3.63) is 57.3 Å². The number of hydrogen-bond acceptors (Lipinski definition) is 1. The van der Waals surface area contributed by atoms with Gasteiger partial charge in [-0.2, -0.15) is 0 Å². The van der Waals surface area contributed by atoms with E-state index in [4.69, 9.17) is 11.6 Å². The van der Waals surface area contributed by atoms with Gasteiger partial charge < -0.3 is 9.88 Å². The van der Waals surface area contributed by atoms with Crippen LogP contribution in [0.1, 0.15) is 25.0 Å².